The van der Waals surface area contributed by atoms with Crippen LogP contribution in [0.25, 0.3) is 0 Å². The number of amides is 1. The van der Waals surface area contributed by atoms with Gasteiger partial charge < -0.3 is 15.2 Å². The Morgan fingerprint density at radius 3 is 2.27 bits per heavy atom. The third kappa shape index (κ3) is 10.9. The first-order valence-corrected chi connectivity index (χ1v) is 9.84. The number of carboxylic acid groups (broad SMARTS) is 1. The Balaban J connectivity index is 2.97. The molecule has 0 radical (unpaired) electrons. The highest BCUT2D eigenvalue weighted by Gasteiger charge is 2.30. The van der Waals surface area contributed by atoms with E-state index in [1.807, 2.05) is 26.8 Å². The van der Waals surface area contributed by atoms with Gasteiger partial charge in [0.15, 0.2) is 0 Å². The second-order valence-electron chi connectivity index (χ2n) is 8.98. The number of ether oxygens (including phenoxy) is 1. The van der Waals surface area contributed by atoms with Gasteiger partial charge in [0.05, 0.1) is 5.60 Å². The van der Waals surface area contributed by atoms with Gasteiger partial charge in [-0.25, -0.2) is 4.79 Å². The van der Waals surface area contributed by atoms with Gasteiger partial charge in [0.2, 0.25) is 5.91 Å². The van der Waals surface area contributed by atoms with Gasteiger partial charge in [0.1, 0.15) is 17.7 Å². The Kier molecular flexibility index (Phi) is 9.38. The zero-order chi connectivity index (χ0) is 22.9. The Labute approximate surface area is 177 Å². The smallest absolute Gasteiger partial charge is 0.329 e. The molecular formula is C21H33N3O6. The first-order valence-electron chi connectivity index (χ1n) is 9.84. The fraction of sp³-hybridized carbons (Fsp3) is 0.619. The van der Waals surface area contributed by atoms with Gasteiger partial charge in [-0.15, -0.1) is 0 Å². The lowest BCUT2D eigenvalue weighted by atomic mass is 10.1. The van der Waals surface area contributed by atoms with Crippen LogP contribution in [-0.2, 0) is 30.4 Å². The summed E-state index contributed by atoms with van der Waals surface area (Å²) < 4.78 is 5.34. The van der Waals surface area contributed by atoms with E-state index in [0.717, 1.165) is 5.56 Å². The van der Waals surface area contributed by atoms with E-state index in [2.05, 4.69) is 15.8 Å². The fourth-order valence-corrected chi connectivity index (χ4v) is 2.35. The van der Waals surface area contributed by atoms with Crippen LogP contribution in [0.15, 0.2) is 24.5 Å². The molecule has 0 aromatic carbocycles. The lowest BCUT2D eigenvalue weighted by Gasteiger charge is -2.27. The van der Waals surface area contributed by atoms with Crippen molar-refractivity contribution in [2.45, 2.75) is 84.1 Å². The van der Waals surface area contributed by atoms with Crippen molar-refractivity contribution in [1.29, 1.82) is 0 Å². The molecule has 0 aliphatic carbocycles. The van der Waals surface area contributed by atoms with E-state index >= 15 is 0 Å². The number of aromatic nitrogens is 1. The molecule has 1 aromatic rings. The summed E-state index contributed by atoms with van der Waals surface area (Å²) in [6.45, 7) is 10.6. The maximum Gasteiger partial charge on any atom is 0.329 e. The summed E-state index contributed by atoms with van der Waals surface area (Å²) in [5.41, 5.74) is 2.22. The van der Waals surface area contributed by atoms with Crippen LogP contribution in [0.4, 0.5) is 0 Å². The summed E-state index contributed by atoms with van der Waals surface area (Å²) in [4.78, 5) is 46.1. The lowest BCUT2D eigenvalue weighted by molar-refractivity contribution is -0.160. The predicted octanol–water partition coefficient (Wildman–Crippen LogP) is 2.00. The number of pyridine rings is 1. The average Bonchev–Trinajstić information content (AvgIpc) is 2.60. The van der Waals surface area contributed by atoms with Crippen molar-refractivity contribution in [3.8, 4) is 0 Å². The molecule has 0 unspecified atom stereocenters. The average molecular weight is 424 g/mol. The predicted molar refractivity (Wildman–Crippen MR) is 110 cm³/mol. The van der Waals surface area contributed by atoms with Gasteiger partial charge in [0, 0.05) is 25.2 Å². The van der Waals surface area contributed by atoms with Crippen LogP contribution in [0.2, 0.25) is 0 Å². The number of carboxylic acids is 1. The fourth-order valence-electron chi connectivity index (χ4n) is 2.35. The van der Waals surface area contributed by atoms with Crippen molar-refractivity contribution in [1.82, 2.24) is 15.8 Å². The largest absolute Gasteiger partial charge is 0.481 e. The van der Waals surface area contributed by atoms with Crippen LogP contribution >= 0.6 is 0 Å². The van der Waals surface area contributed by atoms with Crippen LogP contribution < -0.4 is 10.8 Å². The van der Waals surface area contributed by atoms with Crippen LogP contribution in [0, 0.1) is 0 Å². The van der Waals surface area contributed by atoms with E-state index in [9.17, 15) is 14.4 Å². The minimum atomic E-state index is -1.10. The van der Waals surface area contributed by atoms with E-state index in [-0.39, 0.29) is 19.3 Å². The maximum absolute atomic E-state index is 13.0. The normalized spacial score (nSPS) is 13.9. The summed E-state index contributed by atoms with van der Waals surface area (Å²) in [5, 5.41) is 11.6. The van der Waals surface area contributed by atoms with Crippen molar-refractivity contribution >= 4 is 17.8 Å². The first kappa shape index (κ1) is 25.5. The second-order valence-corrected chi connectivity index (χ2v) is 8.98. The lowest BCUT2D eigenvalue weighted by Crippen LogP contribution is -2.53. The molecule has 0 spiro atoms. The highest BCUT2D eigenvalue weighted by atomic mass is 16.7. The molecule has 3 N–H and O–H groups in total. The highest BCUT2D eigenvalue weighted by molar-refractivity contribution is 5.88. The van der Waals surface area contributed by atoms with E-state index in [0.29, 0.717) is 0 Å². The van der Waals surface area contributed by atoms with Crippen molar-refractivity contribution in [2.75, 3.05) is 0 Å². The number of esters is 1. The number of hydroxylamine groups is 1. The number of hydrogen-bond donors (Lipinski definition) is 3. The van der Waals surface area contributed by atoms with E-state index in [4.69, 9.17) is 14.7 Å². The molecule has 168 valence electrons. The van der Waals surface area contributed by atoms with Crippen molar-refractivity contribution < 1.29 is 29.1 Å². The molecule has 30 heavy (non-hydrogen) atoms. The third-order valence-electron chi connectivity index (χ3n) is 3.64. The number of carbonyl (C=O) groups excluding carboxylic acids is 2. The molecule has 0 bridgehead atoms. The van der Waals surface area contributed by atoms with Crippen LogP contribution in [0.3, 0.4) is 0 Å². The number of rotatable bonds is 10. The van der Waals surface area contributed by atoms with E-state index < -0.39 is 41.1 Å². The number of carbonyl (C=O) groups is 3. The zero-order valence-corrected chi connectivity index (χ0v) is 18.5. The van der Waals surface area contributed by atoms with Gasteiger partial charge in [-0.1, -0.05) is 6.07 Å². The number of hydrogen-bond acceptors (Lipinski definition) is 7. The van der Waals surface area contributed by atoms with Gasteiger partial charge in [-0.3, -0.25) is 19.4 Å². The first-order chi connectivity index (χ1) is 13.8. The molecule has 0 aliphatic rings. The molecule has 2 atom stereocenters. The minimum Gasteiger partial charge on any atom is -0.481 e. The van der Waals surface area contributed by atoms with Gasteiger partial charge in [-0.05, 0) is 59.6 Å². The maximum atomic E-state index is 13.0. The molecule has 0 saturated heterocycles. The topological polar surface area (TPSA) is 127 Å². The van der Waals surface area contributed by atoms with Gasteiger partial charge in [0.25, 0.3) is 0 Å². The summed E-state index contributed by atoms with van der Waals surface area (Å²) in [7, 11) is 0. The second kappa shape index (κ2) is 11.0. The SMILES string of the molecule is CC(C)(C)ON[C@@H](Cc1cccnc1)C(=O)N[C@@H](CCC(=O)O)C(=O)OC(C)(C)C. The monoisotopic (exact) mass is 423 g/mol. The Morgan fingerprint density at radius 1 is 1.10 bits per heavy atom. The molecule has 0 fully saturated rings. The minimum absolute atomic E-state index is 0.0876. The Bertz CT molecular complexity index is 710. The number of nitrogens with zero attached hydrogens (tertiary/aromatic N) is 1. The van der Waals surface area contributed by atoms with Crippen LogP contribution in [0.5, 0.6) is 0 Å². The number of aliphatic carboxylic acids is 1. The Morgan fingerprint density at radius 2 is 1.77 bits per heavy atom. The molecule has 9 heteroatoms. The van der Waals surface area contributed by atoms with E-state index in [1.54, 1.807) is 39.2 Å². The summed E-state index contributed by atoms with van der Waals surface area (Å²) in [5.74, 6) is -2.27. The summed E-state index contributed by atoms with van der Waals surface area (Å²) in [6, 6.07) is 1.65. The molecule has 1 heterocycles. The standard InChI is InChI=1S/C21H33N3O6/c1-20(2,3)29-19(28)15(9-10-17(25)26)23-18(27)16(24-30-21(4,5)6)12-14-8-7-11-22-13-14/h7-8,11,13,15-16,24H,9-10,12H2,1-6H3,(H,23,27)(H,25,26)/t15-,16-/m0/s1. The quantitative estimate of drug-likeness (QED) is 0.385. The van der Waals surface area contributed by atoms with Crippen molar-refractivity contribution in [3.63, 3.8) is 0 Å². The van der Waals surface area contributed by atoms with Crippen LogP contribution in [0.1, 0.15) is 59.9 Å². The molecule has 0 saturated carbocycles. The summed E-state index contributed by atoms with van der Waals surface area (Å²) in [6.07, 6.45) is 3.14. The summed E-state index contributed by atoms with van der Waals surface area (Å²) >= 11 is 0. The Hall–Kier alpha value is -2.52. The molecular weight excluding hydrogens is 390 g/mol. The zero-order valence-electron chi connectivity index (χ0n) is 18.5. The molecule has 1 amide bonds. The third-order valence-corrected chi connectivity index (χ3v) is 3.64. The van der Waals surface area contributed by atoms with Gasteiger partial charge in [-0.2, -0.15) is 5.48 Å². The van der Waals surface area contributed by atoms with Crippen molar-refractivity contribution in [2.24, 2.45) is 0 Å². The van der Waals surface area contributed by atoms with E-state index in [1.165, 1.54) is 0 Å². The number of nitrogens with one attached hydrogen (secondary N) is 2. The molecule has 0 aliphatic heterocycles. The van der Waals surface area contributed by atoms with Gasteiger partial charge >= 0.3 is 11.9 Å². The van der Waals surface area contributed by atoms with Crippen molar-refractivity contribution in [3.05, 3.63) is 30.1 Å². The molecule has 1 rings (SSSR count). The molecule has 9 nitrogen and oxygen atoms in total. The highest BCUT2D eigenvalue weighted by Crippen LogP contribution is 2.12. The van der Waals surface area contributed by atoms with Crippen LogP contribution in [-0.4, -0.2) is 51.2 Å². The molecule has 1 aromatic heterocycles.